The molecule has 0 spiro atoms. The molecule has 0 bridgehead atoms. The Bertz CT molecular complexity index is 712. The molecule has 0 aromatic heterocycles. The molecule has 0 aliphatic heterocycles. The molecule has 3 N–H and O–H groups in total. The van der Waals surface area contributed by atoms with Crippen molar-refractivity contribution in [3.8, 4) is 0 Å². The van der Waals surface area contributed by atoms with Gasteiger partial charge in [0.25, 0.3) is 0 Å². The van der Waals surface area contributed by atoms with Gasteiger partial charge in [-0.05, 0) is 93.1 Å². The summed E-state index contributed by atoms with van der Waals surface area (Å²) in [5.41, 5.74) is 3.15. The summed E-state index contributed by atoms with van der Waals surface area (Å²) in [6.07, 6.45) is 13.4. The maximum atomic E-state index is 10.4. The van der Waals surface area contributed by atoms with Crippen molar-refractivity contribution in [3.63, 3.8) is 0 Å². The van der Waals surface area contributed by atoms with Gasteiger partial charge in [-0.2, -0.15) is 0 Å². The van der Waals surface area contributed by atoms with Gasteiger partial charge in [-0.3, -0.25) is 0 Å². The molecule has 31 heavy (non-hydrogen) atoms. The van der Waals surface area contributed by atoms with Gasteiger partial charge >= 0.3 is 0 Å². The number of hydrogen-bond donors (Lipinski definition) is 3. The zero-order valence-electron chi connectivity index (χ0n) is 20.5. The lowest BCUT2D eigenvalue weighted by Gasteiger charge is -2.44. The molecule has 0 unspecified atom stereocenters. The fourth-order valence-corrected chi connectivity index (χ4v) is 6.91. The van der Waals surface area contributed by atoms with Crippen LogP contribution in [-0.4, -0.2) is 33.1 Å². The normalized spacial score (nSPS) is 40.4. The summed E-state index contributed by atoms with van der Waals surface area (Å²) in [7, 11) is 0. The lowest BCUT2D eigenvalue weighted by atomic mass is 9.60. The highest BCUT2D eigenvalue weighted by atomic mass is 16.3. The van der Waals surface area contributed by atoms with Gasteiger partial charge in [0.1, 0.15) is 0 Å². The van der Waals surface area contributed by atoms with Crippen molar-refractivity contribution in [1.82, 2.24) is 0 Å². The van der Waals surface area contributed by atoms with Crippen molar-refractivity contribution in [1.29, 1.82) is 0 Å². The summed E-state index contributed by atoms with van der Waals surface area (Å²) in [6.45, 7) is 14.8. The fraction of sp³-hybridized carbons (Fsp3) is 0.786. The smallest absolute Gasteiger partial charge is 0.0837 e. The van der Waals surface area contributed by atoms with E-state index in [2.05, 4.69) is 32.6 Å². The third-order valence-electron chi connectivity index (χ3n) is 8.97. The molecular formula is C28H46O3. The van der Waals surface area contributed by atoms with Gasteiger partial charge in [0, 0.05) is 5.92 Å². The molecule has 3 fully saturated rings. The van der Waals surface area contributed by atoms with E-state index in [1.807, 2.05) is 20.8 Å². The first-order valence-corrected chi connectivity index (χ1v) is 12.6. The van der Waals surface area contributed by atoms with Gasteiger partial charge < -0.3 is 15.3 Å². The lowest BCUT2D eigenvalue weighted by molar-refractivity contribution is 0.0283. The van der Waals surface area contributed by atoms with Crippen molar-refractivity contribution >= 4 is 0 Å². The number of hydrogen-bond acceptors (Lipinski definition) is 3. The monoisotopic (exact) mass is 430 g/mol. The van der Waals surface area contributed by atoms with Crippen LogP contribution < -0.4 is 0 Å². The van der Waals surface area contributed by atoms with E-state index in [4.69, 9.17) is 0 Å². The first-order valence-electron chi connectivity index (χ1n) is 12.6. The first-order chi connectivity index (χ1) is 14.4. The highest BCUT2D eigenvalue weighted by molar-refractivity contribution is 5.39. The van der Waals surface area contributed by atoms with Gasteiger partial charge in [0.2, 0.25) is 0 Å². The number of fused-ring (bicyclic) bond motifs is 1. The maximum Gasteiger partial charge on any atom is 0.0837 e. The van der Waals surface area contributed by atoms with E-state index < -0.39 is 17.8 Å². The second-order valence-electron chi connectivity index (χ2n) is 11.8. The van der Waals surface area contributed by atoms with E-state index in [0.29, 0.717) is 23.7 Å². The fourth-order valence-electron chi connectivity index (χ4n) is 6.91. The van der Waals surface area contributed by atoms with Crippen LogP contribution in [0.25, 0.3) is 0 Å². The van der Waals surface area contributed by atoms with Crippen molar-refractivity contribution in [3.05, 3.63) is 35.5 Å². The summed E-state index contributed by atoms with van der Waals surface area (Å²) in [5, 5.41) is 30.7. The molecule has 3 aliphatic rings. The molecule has 3 heteroatoms. The Kier molecular flexibility index (Phi) is 7.61. The van der Waals surface area contributed by atoms with Crippen LogP contribution in [0.15, 0.2) is 35.5 Å². The molecule has 3 nitrogen and oxygen atoms in total. The van der Waals surface area contributed by atoms with Crippen LogP contribution in [0.4, 0.5) is 0 Å². The quantitative estimate of drug-likeness (QED) is 0.488. The molecule has 3 rings (SSSR count). The predicted octanol–water partition coefficient (Wildman–Crippen LogP) is 5.95. The molecule has 0 aromatic carbocycles. The predicted molar refractivity (Wildman–Crippen MR) is 129 cm³/mol. The molecule has 0 heterocycles. The molecule has 0 aromatic rings. The van der Waals surface area contributed by atoms with E-state index in [1.54, 1.807) is 5.57 Å². The minimum Gasteiger partial charge on any atom is -0.392 e. The van der Waals surface area contributed by atoms with Crippen LogP contribution >= 0.6 is 0 Å². The molecule has 7 atom stereocenters. The second-order valence-corrected chi connectivity index (χ2v) is 11.8. The van der Waals surface area contributed by atoms with Crippen molar-refractivity contribution in [2.24, 2.45) is 29.1 Å². The SMILES string of the molecule is C=C1C(=CC=C2CCC[C@]3(C)[C@@H]([C@@H](C)CCCC(C)(C)O)CC[C@@H]23)C[C@H](O)[C@H](C)[C@H]1O. The minimum atomic E-state index is -0.648. The summed E-state index contributed by atoms with van der Waals surface area (Å²) in [5.74, 6) is 1.94. The van der Waals surface area contributed by atoms with E-state index in [9.17, 15) is 15.3 Å². The zero-order chi connectivity index (χ0) is 23.0. The minimum absolute atomic E-state index is 0.149. The van der Waals surface area contributed by atoms with Crippen LogP contribution in [0.1, 0.15) is 92.4 Å². The van der Waals surface area contributed by atoms with Crippen LogP contribution in [0.2, 0.25) is 0 Å². The summed E-state index contributed by atoms with van der Waals surface area (Å²) >= 11 is 0. The Labute approximate surface area is 190 Å². The summed E-state index contributed by atoms with van der Waals surface area (Å²) < 4.78 is 0. The van der Waals surface area contributed by atoms with Gasteiger partial charge in [-0.15, -0.1) is 0 Å². The highest BCUT2D eigenvalue weighted by Gasteiger charge is 2.50. The number of allylic oxidation sites excluding steroid dienone is 3. The number of aliphatic hydroxyl groups is 3. The largest absolute Gasteiger partial charge is 0.392 e. The standard InChI is InChI=1S/C28H46O3/c1-18(9-7-15-27(4,5)31)23-13-14-24-21(10-8-16-28(23,24)6)11-12-22-17-25(29)20(3)26(30)19(22)2/h11-12,18,20,23-26,29-31H,2,7-10,13-17H2,1,3-6H3/t18-,20-,23+,24-,25-,26-,28+/m0/s1. The summed E-state index contributed by atoms with van der Waals surface area (Å²) in [4.78, 5) is 0. The van der Waals surface area contributed by atoms with Gasteiger partial charge in [0.15, 0.2) is 0 Å². The summed E-state index contributed by atoms with van der Waals surface area (Å²) in [6, 6.07) is 0. The molecule has 3 aliphatic carbocycles. The molecular weight excluding hydrogens is 384 g/mol. The molecule has 0 radical (unpaired) electrons. The number of rotatable bonds is 6. The van der Waals surface area contributed by atoms with Gasteiger partial charge in [0.05, 0.1) is 17.8 Å². The second kappa shape index (κ2) is 9.53. The van der Waals surface area contributed by atoms with Crippen LogP contribution in [0.5, 0.6) is 0 Å². The van der Waals surface area contributed by atoms with Crippen LogP contribution in [0, 0.1) is 29.1 Å². The van der Waals surface area contributed by atoms with E-state index in [1.165, 1.54) is 32.1 Å². The van der Waals surface area contributed by atoms with E-state index in [0.717, 1.165) is 36.3 Å². The van der Waals surface area contributed by atoms with Gasteiger partial charge in [-0.1, -0.05) is 57.9 Å². The van der Waals surface area contributed by atoms with Crippen molar-refractivity contribution in [2.75, 3.05) is 0 Å². The molecule has 176 valence electrons. The topological polar surface area (TPSA) is 60.7 Å². The maximum absolute atomic E-state index is 10.4. The third kappa shape index (κ3) is 5.37. The first kappa shape index (κ1) is 24.7. The Morgan fingerprint density at radius 1 is 1.23 bits per heavy atom. The Morgan fingerprint density at radius 3 is 2.61 bits per heavy atom. The Balaban J connectivity index is 1.71. The lowest BCUT2D eigenvalue weighted by Crippen LogP contribution is -2.36. The average Bonchev–Trinajstić information content (AvgIpc) is 3.04. The molecule has 3 saturated carbocycles. The average molecular weight is 431 g/mol. The number of aliphatic hydroxyl groups excluding tert-OH is 2. The molecule has 0 amide bonds. The Hall–Kier alpha value is -0.900. The van der Waals surface area contributed by atoms with Crippen LogP contribution in [0.3, 0.4) is 0 Å². The van der Waals surface area contributed by atoms with E-state index in [-0.39, 0.29) is 5.92 Å². The third-order valence-corrected chi connectivity index (χ3v) is 8.97. The zero-order valence-corrected chi connectivity index (χ0v) is 20.5. The molecule has 0 saturated heterocycles. The van der Waals surface area contributed by atoms with Crippen molar-refractivity contribution < 1.29 is 15.3 Å². The Morgan fingerprint density at radius 2 is 1.94 bits per heavy atom. The highest BCUT2D eigenvalue weighted by Crippen LogP contribution is 2.60. The van der Waals surface area contributed by atoms with E-state index >= 15 is 0 Å². The van der Waals surface area contributed by atoms with Gasteiger partial charge in [-0.25, -0.2) is 0 Å². The van der Waals surface area contributed by atoms with Crippen LogP contribution in [-0.2, 0) is 0 Å². The van der Waals surface area contributed by atoms with Crippen molar-refractivity contribution in [2.45, 2.75) is 110 Å².